The maximum absolute atomic E-state index is 11.7. The lowest BCUT2D eigenvalue weighted by molar-refractivity contribution is -0.0721. The van der Waals surface area contributed by atoms with Crippen LogP contribution in [0.3, 0.4) is 0 Å². The highest BCUT2D eigenvalue weighted by Crippen LogP contribution is 2.46. The van der Waals surface area contributed by atoms with Crippen LogP contribution in [-0.2, 0) is 29.7 Å². The number of aromatic nitrogens is 3. The van der Waals surface area contributed by atoms with Gasteiger partial charge < -0.3 is 23.9 Å². The molecule has 3 aliphatic rings. The molecule has 2 saturated heterocycles. The summed E-state index contributed by atoms with van der Waals surface area (Å²) in [6.07, 6.45) is 6.56. The summed E-state index contributed by atoms with van der Waals surface area (Å²) in [6, 6.07) is 15.0. The number of para-hydroxylation sites is 1. The number of hydrogen-bond acceptors (Lipinski definition) is 7. The van der Waals surface area contributed by atoms with Crippen LogP contribution in [0.4, 0.5) is 0 Å². The van der Waals surface area contributed by atoms with Crippen molar-refractivity contribution in [3.63, 3.8) is 0 Å². The molecule has 0 bridgehead atoms. The van der Waals surface area contributed by atoms with Crippen molar-refractivity contribution in [3.8, 4) is 11.5 Å². The van der Waals surface area contributed by atoms with Crippen LogP contribution in [0.25, 0.3) is 11.0 Å². The number of rotatable bonds is 9. The number of carboxylic acids is 1. The van der Waals surface area contributed by atoms with E-state index in [1.165, 1.54) is 0 Å². The number of ether oxygens (including phenoxy) is 3. The molecule has 0 spiro atoms. The Balaban J connectivity index is 1.02. The fourth-order valence-electron chi connectivity index (χ4n) is 6.14. The van der Waals surface area contributed by atoms with E-state index in [1.54, 1.807) is 24.4 Å². The molecule has 0 aliphatic carbocycles. The summed E-state index contributed by atoms with van der Waals surface area (Å²) in [5.41, 5.74) is 4.16. The Labute approximate surface area is 257 Å². The van der Waals surface area contributed by atoms with E-state index in [0.717, 1.165) is 92.0 Å². The van der Waals surface area contributed by atoms with Crippen LogP contribution in [0.15, 0.2) is 54.7 Å². The molecule has 222 valence electrons. The highest BCUT2D eigenvalue weighted by Gasteiger charge is 2.41. The number of halogens is 1. The Morgan fingerprint density at radius 3 is 2.70 bits per heavy atom. The predicted octanol–water partition coefficient (Wildman–Crippen LogP) is 5.29. The Morgan fingerprint density at radius 2 is 1.98 bits per heavy atom. The zero-order valence-electron chi connectivity index (χ0n) is 24.0. The lowest BCUT2D eigenvalue weighted by Gasteiger charge is -2.32. The number of pyridine rings is 1. The van der Waals surface area contributed by atoms with E-state index in [2.05, 4.69) is 20.5 Å². The van der Waals surface area contributed by atoms with Gasteiger partial charge in [0, 0.05) is 31.6 Å². The van der Waals surface area contributed by atoms with Gasteiger partial charge in [-0.2, -0.15) is 0 Å². The van der Waals surface area contributed by atoms with E-state index in [-0.39, 0.29) is 5.56 Å². The number of aromatic carboxylic acids is 1. The number of carbonyl (C=O) groups is 1. The van der Waals surface area contributed by atoms with Gasteiger partial charge in [0.2, 0.25) is 0 Å². The van der Waals surface area contributed by atoms with E-state index < -0.39 is 11.8 Å². The zero-order chi connectivity index (χ0) is 29.6. The van der Waals surface area contributed by atoms with Gasteiger partial charge in [-0.15, -0.1) is 0 Å². The van der Waals surface area contributed by atoms with Crippen molar-refractivity contribution in [1.82, 2.24) is 19.4 Å². The molecule has 4 aromatic rings. The second-order valence-corrected chi connectivity index (χ2v) is 13.5. The number of hydrogen-bond donors (Lipinski definition) is 1. The third-order valence-corrected chi connectivity index (χ3v) is 10.3. The first-order valence-electron chi connectivity index (χ1n) is 14.8. The first-order valence-corrected chi connectivity index (χ1v) is 16.4. The van der Waals surface area contributed by atoms with Crippen molar-refractivity contribution in [3.05, 3.63) is 82.4 Å². The third kappa shape index (κ3) is 5.76. The van der Waals surface area contributed by atoms with Crippen LogP contribution >= 0.6 is 11.6 Å². The van der Waals surface area contributed by atoms with Crippen molar-refractivity contribution < 1.29 is 24.1 Å². The molecule has 43 heavy (non-hydrogen) atoms. The summed E-state index contributed by atoms with van der Waals surface area (Å²) in [7, 11) is 0.621. The SMILES string of the molecule is CC1(c2ccc(Cl)cn2)Oc2cccc(CC3CCN(Cc4nc5ccc(C(=O)O)cc5n4C[Si][C@@H]4CCO4)CC3)c2O1. The van der Waals surface area contributed by atoms with Gasteiger partial charge in [0.25, 0.3) is 5.79 Å². The average molecular weight is 617 g/mol. The summed E-state index contributed by atoms with van der Waals surface area (Å²) in [4.78, 5) is 23.5. The number of imidazole rings is 1. The standard InChI is InChI=1S/C32H33ClN4O5Si/c1-32(27-8-6-23(33)17-34-27)41-26-4-2-3-21(30(26)42-32)15-20-9-12-36(13-10-20)18-28-35-24-7-5-22(31(38)39)16-25(24)37(28)19-43-29-11-14-40-29/h2-8,16-17,20,29H,9-15,18-19H2,1H3,(H,38,39)/t29-,32?/m1/s1. The smallest absolute Gasteiger partial charge is 0.335 e. The lowest BCUT2D eigenvalue weighted by Crippen LogP contribution is -2.36. The topological polar surface area (TPSA) is 98.9 Å². The molecule has 1 N–H and O–H groups in total. The maximum atomic E-state index is 11.7. The van der Waals surface area contributed by atoms with Gasteiger partial charge in [-0.3, -0.25) is 9.88 Å². The largest absolute Gasteiger partial charge is 0.478 e. The summed E-state index contributed by atoms with van der Waals surface area (Å²) in [5.74, 6) is 1.15. The third-order valence-electron chi connectivity index (χ3n) is 8.69. The molecular weight excluding hydrogens is 584 g/mol. The van der Waals surface area contributed by atoms with Crippen LogP contribution < -0.4 is 9.47 Å². The summed E-state index contributed by atoms with van der Waals surface area (Å²) >= 11 is 6.04. The maximum Gasteiger partial charge on any atom is 0.335 e. The van der Waals surface area contributed by atoms with E-state index >= 15 is 0 Å². The van der Waals surface area contributed by atoms with Gasteiger partial charge in [0.05, 0.1) is 28.2 Å². The van der Waals surface area contributed by atoms with Crippen LogP contribution in [0.1, 0.15) is 53.6 Å². The summed E-state index contributed by atoms with van der Waals surface area (Å²) in [5, 5.41) is 10.1. The second-order valence-electron chi connectivity index (χ2n) is 11.7. The molecule has 2 fully saturated rings. The van der Waals surface area contributed by atoms with Crippen LogP contribution in [0, 0.1) is 5.92 Å². The van der Waals surface area contributed by atoms with Crippen molar-refractivity contribution in [1.29, 1.82) is 0 Å². The highest BCUT2D eigenvalue weighted by atomic mass is 35.5. The molecule has 5 heterocycles. The van der Waals surface area contributed by atoms with E-state index in [4.69, 9.17) is 30.8 Å². The molecule has 1 unspecified atom stereocenters. The Bertz CT molecular complexity index is 1650. The highest BCUT2D eigenvalue weighted by molar-refractivity contribution is 6.36. The summed E-state index contributed by atoms with van der Waals surface area (Å²) < 4.78 is 20.5. The molecule has 11 heteroatoms. The minimum absolute atomic E-state index is 0.288. The number of nitrogens with zero attached hydrogens (tertiary/aromatic N) is 4. The molecule has 3 aliphatic heterocycles. The van der Waals surface area contributed by atoms with Gasteiger partial charge >= 0.3 is 5.97 Å². The van der Waals surface area contributed by atoms with Crippen LogP contribution in [0.2, 0.25) is 5.02 Å². The van der Waals surface area contributed by atoms with E-state index in [0.29, 0.717) is 31.9 Å². The number of likely N-dealkylation sites (tertiary alicyclic amines) is 1. The predicted molar refractivity (Wildman–Crippen MR) is 163 cm³/mol. The number of carboxylic acid groups (broad SMARTS) is 1. The minimum atomic E-state index is -0.992. The number of fused-ring (bicyclic) bond motifs is 2. The van der Waals surface area contributed by atoms with Gasteiger partial charge in [-0.25, -0.2) is 9.78 Å². The lowest BCUT2D eigenvalue weighted by atomic mass is 9.89. The molecule has 2 aromatic heterocycles. The van der Waals surface area contributed by atoms with Gasteiger partial charge in [-0.05, 0) is 86.7 Å². The molecule has 2 radical (unpaired) electrons. The molecule has 2 aromatic carbocycles. The quantitative estimate of drug-likeness (QED) is 0.253. The zero-order valence-corrected chi connectivity index (χ0v) is 25.7. The molecule has 2 atom stereocenters. The number of benzene rings is 2. The van der Waals surface area contributed by atoms with Crippen molar-refractivity contribution >= 4 is 38.1 Å². The van der Waals surface area contributed by atoms with Crippen LogP contribution in [-0.4, -0.2) is 65.5 Å². The average Bonchev–Trinajstić information content (AvgIpc) is 3.51. The second kappa shape index (κ2) is 11.6. The van der Waals surface area contributed by atoms with Gasteiger partial charge in [-0.1, -0.05) is 23.7 Å². The van der Waals surface area contributed by atoms with Gasteiger partial charge in [0.15, 0.2) is 11.5 Å². The van der Waals surface area contributed by atoms with Crippen molar-refractivity contribution in [2.24, 2.45) is 5.92 Å². The fourth-order valence-corrected chi connectivity index (χ4v) is 7.55. The normalized spacial score (nSPS) is 22.1. The van der Waals surface area contributed by atoms with Crippen molar-refractivity contribution in [2.45, 2.75) is 56.8 Å². The van der Waals surface area contributed by atoms with Gasteiger partial charge in [0.1, 0.15) is 21.0 Å². The molecule has 0 saturated carbocycles. The Kier molecular flexibility index (Phi) is 7.62. The van der Waals surface area contributed by atoms with Crippen LogP contribution in [0.5, 0.6) is 11.5 Å². The first-order chi connectivity index (χ1) is 20.8. The minimum Gasteiger partial charge on any atom is -0.478 e. The fraction of sp³-hybridized carbons (Fsp3) is 0.406. The Morgan fingerprint density at radius 1 is 1.14 bits per heavy atom. The molecule has 0 amide bonds. The van der Waals surface area contributed by atoms with E-state index in [1.807, 2.05) is 31.2 Å². The molecule has 9 nitrogen and oxygen atoms in total. The molecule has 7 rings (SSSR count). The summed E-state index contributed by atoms with van der Waals surface area (Å²) in [6.45, 7) is 5.41. The first kappa shape index (κ1) is 28.3. The molecular formula is C32H33ClN4O5Si. The van der Waals surface area contributed by atoms with E-state index in [9.17, 15) is 9.90 Å². The monoisotopic (exact) mass is 616 g/mol. The number of piperidine rings is 1. The van der Waals surface area contributed by atoms with Crippen molar-refractivity contribution in [2.75, 3.05) is 19.7 Å². The Hall–Kier alpha value is -3.44.